The van der Waals surface area contributed by atoms with Crippen molar-refractivity contribution in [2.75, 3.05) is 12.4 Å². The first kappa shape index (κ1) is 18.8. The molecule has 0 spiro atoms. The van der Waals surface area contributed by atoms with Gasteiger partial charge in [0.15, 0.2) is 5.88 Å². The first-order valence-electron chi connectivity index (χ1n) is 8.93. The van der Waals surface area contributed by atoms with Crippen molar-refractivity contribution in [3.8, 4) is 11.6 Å². The van der Waals surface area contributed by atoms with Gasteiger partial charge in [-0.05, 0) is 24.5 Å². The number of aromatic carboxylic acids is 1. The number of amides is 1. The zero-order valence-corrected chi connectivity index (χ0v) is 15.1. The second kappa shape index (κ2) is 8.11. The molecule has 1 aliphatic rings. The Morgan fingerprint density at radius 1 is 1.37 bits per heavy atom. The highest BCUT2D eigenvalue weighted by atomic mass is 16.5. The number of carbonyl (C=O) groups excluding carboxylic acids is 1. The Kier molecular flexibility index (Phi) is 5.63. The van der Waals surface area contributed by atoms with Gasteiger partial charge in [-0.15, -0.1) is 0 Å². The fourth-order valence-corrected chi connectivity index (χ4v) is 3.52. The highest BCUT2D eigenvalue weighted by molar-refractivity contribution is 5.93. The topological polar surface area (TPSA) is 114 Å². The molecular formula is C19H23N3O5. The van der Waals surface area contributed by atoms with Crippen LogP contribution in [0.25, 0.3) is 0 Å². The number of pyridine rings is 1. The fourth-order valence-electron chi connectivity index (χ4n) is 3.52. The Labute approximate surface area is 156 Å². The van der Waals surface area contributed by atoms with Crippen molar-refractivity contribution in [2.24, 2.45) is 5.92 Å². The number of methoxy groups -OCH3 is 1. The van der Waals surface area contributed by atoms with Gasteiger partial charge in [0.2, 0.25) is 5.91 Å². The Balaban J connectivity index is 1.81. The van der Waals surface area contributed by atoms with Gasteiger partial charge in [-0.25, -0.2) is 9.78 Å². The van der Waals surface area contributed by atoms with E-state index < -0.39 is 12.0 Å². The molecule has 144 valence electrons. The number of carboxylic acid groups (broad SMARTS) is 1. The molecule has 3 rings (SSSR count). The van der Waals surface area contributed by atoms with Crippen LogP contribution in [0.2, 0.25) is 0 Å². The van der Waals surface area contributed by atoms with Crippen LogP contribution in [0.5, 0.6) is 11.6 Å². The average Bonchev–Trinajstić information content (AvgIpc) is 3.29. The lowest BCUT2D eigenvalue weighted by Gasteiger charge is -2.22. The number of carbonyl (C=O) groups is 2. The summed E-state index contributed by atoms with van der Waals surface area (Å²) in [6, 6.07) is 3.68. The van der Waals surface area contributed by atoms with Crippen LogP contribution in [-0.2, 0) is 4.79 Å². The minimum absolute atomic E-state index is 0.0424. The van der Waals surface area contributed by atoms with Crippen LogP contribution in [0.3, 0.4) is 0 Å². The average molecular weight is 373 g/mol. The maximum Gasteiger partial charge on any atom is 0.337 e. The SMILES string of the molecule is COc1cc(O)n([C@@H](CC2CCCC2)C(=O)Nc2ccc(C(=O)O)cn2)c1. The van der Waals surface area contributed by atoms with E-state index in [9.17, 15) is 14.7 Å². The normalized spacial score (nSPS) is 15.4. The number of aromatic hydroxyl groups is 1. The molecule has 1 amide bonds. The number of hydrogen-bond donors (Lipinski definition) is 3. The van der Waals surface area contributed by atoms with Crippen molar-refractivity contribution < 1.29 is 24.5 Å². The van der Waals surface area contributed by atoms with Crippen molar-refractivity contribution in [3.63, 3.8) is 0 Å². The third kappa shape index (κ3) is 4.39. The molecule has 1 saturated carbocycles. The van der Waals surface area contributed by atoms with Crippen molar-refractivity contribution >= 4 is 17.7 Å². The molecule has 27 heavy (non-hydrogen) atoms. The van der Waals surface area contributed by atoms with E-state index in [0.717, 1.165) is 25.7 Å². The molecule has 2 heterocycles. The Hall–Kier alpha value is -3.03. The third-order valence-corrected chi connectivity index (χ3v) is 4.97. The Bertz CT molecular complexity index is 809. The molecule has 0 radical (unpaired) electrons. The second-order valence-electron chi connectivity index (χ2n) is 6.77. The molecule has 8 nitrogen and oxygen atoms in total. The predicted molar refractivity (Wildman–Crippen MR) is 98.1 cm³/mol. The number of anilines is 1. The fraction of sp³-hybridized carbons (Fsp3) is 0.421. The quantitative estimate of drug-likeness (QED) is 0.687. The lowest BCUT2D eigenvalue weighted by Crippen LogP contribution is -2.27. The minimum Gasteiger partial charge on any atom is -0.495 e. The number of nitrogens with zero attached hydrogens (tertiary/aromatic N) is 2. The van der Waals surface area contributed by atoms with Crippen molar-refractivity contribution in [3.05, 3.63) is 36.2 Å². The minimum atomic E-state index is -1.08. The molecule has 0 aliphatic heterocycles. The number of ether oxygens (including phenoxy) is 1. The summed E-state index contributed by atoms with van der Waals surface area (Å²) in [7, 11) is 1.50. The van der Waals surface area contributed by atoms with Crippen LogP contribution < -0.4 is 10.1 Å². The molecule has 1 fully saturated rings. The number of hydrogen-bond acceptors (Lipinski definition) is 5. The summed E-state index contributed by atoms with van der Waals surface area (Å²) < 4.78 is 6.66. The van der Waals surface area contributed by atoms with E-state index in [0.29, 0.717) is 18.1 Å². The molecule has 2 aromatic rings. The summed E-state index contributed by atoms with van der Waals surface area (Å²) in [5.74, 6) is -0.286. The maximum absolute atomic E-state index is 12.9. The monoisotopic (exact) mass is 373 g/mol. The molecule has 1 atom stereocenters. The summed E-state index contributed by atoms with van der Waals surface area (Å²) in [6.07, 6.45) is 7.83. The van der Waals surface area contributed by atoms with Gasteiger partial charge >= 0.3 is 5.97 Å². The first-order valence-corrected chi connectivity index (χ1v) is 8.93. The van der Waals surface area contributed by atoms with Gasteiger partial charge in [0.1, 0.15) is 17.6 Å². The van der Waals surface area contributed by atoms with Gasteiger partial charge in [-0.1, -0.05) is 25.7 Å². The third-order valence-electron chi connectivity index (χ3n) is 4.97. The molecule has 1 aliphatic carbocycles. The molecule has 0 unspecified atom stereocenters. The summed E-state index contributed by atoms with van der Waals surface area (Å²) in [4.78, 5) is 27.8. The summed E-state index contributed by atoms with van der Waals surface area (Å²) in [6.45, 7) is 0. The van der Waals surface area contributed by atoms with Crippen molar-refractivity contribution in [2.45, 2.75) is 38.1 Å². The van der Waals surface area contributed by atoms with Gasteiger partial charge < -0.3 is 24.8 Å². The van der Waals surface area contributed by atoms with E-state index in [1.54, 1.807) is 6.20 Å². The Morgan fingerprint density at radius 3 is 2.67 bits per heavy atom. The second-order valence-corrected chi connectivity index (χ2v) is 6.77. The summed E-state index contributed by atoms with van der Waals surface area (Å²) in [5.41, 5.74) is 0.0447. The molecule has 2 aromatic heterocycles. The molecule has 8 heteroatoms. The summed E-state index contributed by atoms with van der Waals surface area (Å²) >= 11 is 0. The van der Waals surface area contributed by atoms with Gasteiger partial charge in [0.25, 0.3) is 0 Å². The van der Waals surface area contributed by atoms with Gasteiger partial charge in [-0.2, -0.15) is 0 Å². The van der Waals surface area contributed by atoms with E-state index in [2.05, 4.69) is 10.3 Å². The lowest BCUT2D eigenvalue weighted by molar-refractivity contribution is -0.119. The van der Waals surface area contributed by atoms with Crippen LogP contribution in [0.4, 0.5) is 5.82 Å². The predicted octanol–water partition coefficient (Wildman–Crippen LogP) is 3.06. The van der Waals surface area contributed by atoms with Crippen LogP contribution >= 0.6 is 0 Å². The number of carboxylic acids is 1. The van der Waals surface area contributed by atoms with Crippen molar-refractivity contribution in [1.29, 1.82) is 0 Å². The van der Waals surface area contributed by atoms with E-state index in [-0.39, 0.29) is 23.2 Å². The highest BCUT2D eigenvalue weighted by Crippen LogP contribution is 2.35. The maximum atomic E-state index is 12.9. The van der Waals surface area contributed by atoms with Crippen LogP contribution in [0.15, 0.2) is 30.6 Å². The molecule has 3 N–H and O–H groups in total. The van der Waals surface area contributed by atoms with Gasteiger partial charge in [0, 0.05) is 12.3 Å². The number of aromatic nitrogens is 2. The number of rotatable bonds is 7. The van der Waals surface area contributed by atoms with E-state index in [4.69, 9.17) is 9.84 Å². The first-order chi connectivity index (χ1) is 13.0. The standard InChI is InChI=1S/C19H23N3O5/c1-27-14-9-17(23)22(11-14)15(8-12-4-2-3-5-12)18(24)21-16-7-6-13(10-20-16)19(25)26/h6-7,9-12,15,23H,2-5,8H2,1H3,(H,25,26)(H,20,21,24)/t15-/m0/s1. The zero-order chi connectivity index (χ0) is 19.4. The van der Waals surface area contributed by atoms with Crippen LogP contribution in [0.1, 0.15) is 48.5 Å². The van der Waals surface area contributed by atoms with Crippen molar-refractivity contribution in [1.82, 2.24) is 9.55 Å². The smallest absolute Gasteiger partial charge is 0.337 e. The largest absolute Gasteiger partial charge is 0.495 e. The van der Waals surface area contributed by atoms with E-state index in [1.807, 2.05) is 0 Å². The molecule has 0 bridgehead atoms. The molecule has 0 saturated heterocycles. The van der Waals surface area contributed by atoms with E-state index >= 15 is 0 Å². The zero-order valence-electron chi connectivity index (χ0n) is 15.1. The Morgan fingerprint density at radius 2 is 2.11 bits per heavy atom. The number of nitrogens with one attached hydrogen (secondary N) is 1. The molecule has 0 aromatic carbocycles. The summed E-state index contributed by atoms with van der Waals surface area (Å²) in [5, 5.41) is 21.9. The van der Waals surface area contributed by atoms with Gasteiger partial charge in [0.05, 0.1) is 18.9 Å². The van der Waals surface area contributed by atoms with Crippen LogP contribution in [0, 0.1) is 5.92 Å². The molecular weight excluding hydrogens is 350 g/mol. The van der Waals surface area contributed by atoms with E-state index in [1.165, 1.54) is 36.1 Å². The lowest BCUT2D eigenvalue weighted by atomic mass is 9.97. The van der Waals surface area contributed by atoms with Gasteiger partial charge in [-0.3, -0.25) is 4.79 Å². The highest BCUT2D eigenvalue weighted by Gasteiger charge is 2.28. The van der Waals surface area contributed by atoms with Crippen LogP contribution in [-0.4, -0.2) is 38.8 Å².